The predicted molar refractivity (Wildman–Crippen MR) is 68.3 cm³/mol. The van der Waals surface area contributed by atoms with E-state index in [4.69, 9.17) is 10.2 Å². The molecule has 0 aliphatic carbocycles. The van der Waals surface area contributed by atoms with Crippen molar-refractivity contribution in [2.75, 3.05) is 0 Å². The molecule has 2 N–H and O–H groups in total. The Bertz CT molecular complexity index is 614. The van der Waals surface area contributed by atoms with Gasteiger partial charge in [-0.05, 0) is 24.3 Å². The molecule has 0 radical (unpaired) electrons. The first kappa shape index (κ1) is 10.8. The van der Waals surface area contributed by atoms with Gasteiger partial charge < -0.3 is 10.2 Å². The molecular formula is C14H13N3O. The first-order chi connectivity index (χ1) is 8.84. The number of aromatic nitrogens is 2. The Morgan fingerprint density at radius 3 is 2.67 bits per heavy atom. The number of benzene rings is 1. The van der Waals surface area contributed by atoms with Crippen LogP contribution in [0.1, 0.15) is 17.4 Å². The van der Waals surface area contributed by atoms with Crippen LogP contribution < -0.4 is 5.73 Å². The molecule has 0 amide bonds. The Morgan fingerprint density at radius 1 is 1.11 bits per heavy atom. The summed E-state index contributed by atoms with van der Waals surface area (Å²) in [6.45, 7) is 0. The second kappa shape index (κ2) is 4.50. The van der Waals surface area contributed by atoms with Crippen molar-refractivity contribution < 1.29 is 4.42 Å². The number of hydrogen-bond donors (Lipinski definition) is 1. The van der Waals surface area contributed by atoms with E-state index in [1.807, 2.05) is 48.7 Å². The number of rotatable bonds is 3. The Morgan fingerprint density at radius 2 is 1.94 bits per heavy atom. The maximum atomic E-state index is 6.11. The number of nitrogens with two attached hydrogens (primary N) is 1. The summed E-state index contributed by atoms with van der Waals surface area (Å²) in [7, 11) is 0. The summed E-state index contributed by atoms with van der Waals surface area (Å²) < 4.78 is 7.11. The van der Waals surface area contributed by atoms with Gasteiger partial charge in [-0.2, -0.15) is 5.10 Å². The minimum absolute atomic E-state index is 0.280. The van der Waals surface area contributed by atoms with E-state index in [1.54, 1.807) is 17.1 Å². The smallest absolute Gasteiger partial charge is 0.125 e. The Balaban J connectivity index is 1.90. The molecule has 0 spiro atoms. The molecule has 0 fully saturated rings. The van der Waals surface area contributed by atoms with E-state index in [-0.39, 0.29) is 6.04 Å². The number of hydrogen-bond acceptors (Lipinski definition) is 3. The molecule has 4 nitrogen and oxygen atoms in total. The molecule has 1 atom stereocenters. The van der Waals surface area contributed by atoms with Crippen LogP contribution in [-0.2, 0) is 0 Å². The molecule has 0 bridgehead atoms. The van der Waals surface area contributed by atoms with Crippen LogP contribution in [0.4, 0.5) is 0 Å². The van der Waals surface area contributed by atoms with Crippen LogP contribution in [0.5, 0.6) is 0 Å². The van der Waals surface area contributed by atoms with E-state index in [1.165, 1.54) is 0 Å². The third-order valence-electron chi connectivity index (χ3n) is 2.83. The zero-order valence-corrected chi connectivity index (χ0v) is 9.73. The topological polar surface area (TPSA) is 57.0 Å². The molecule has 4 heteroatoms. The lowest BCUT2D eigenvalue weighted by atomic mass is 10.1. The van der Waals surface area contributed by atoms with E-state index in [0.717, 1.165) is 17.0 Å². The summed E-state index contributed by atoms with van der Waals surface area (Å²) in [5.41, 5.74) is 8.04. The maximum absolute atomic E-state index is 6.11. The molecule has 0 saturated carbocycles. The summed E-state index contributed by atoms with van der Waals surface area (Å²) >= 11 is 0. The van der Waals surface area contributed by atoms with Crippen molar-refractivity contribution in [3.8, 4) is 5.69 Å². The molecule has 1 unspecified atom stereocenters. The highest BCUT2D eigenvalue weighted by atomic mass is 16.3. The maximum Gasteiger partial charge on any atom is 0.125 e. The van der Waals surface area contributed by atoms with Crippen molar-refractivity contribution in [1.82, 2.24) is 9.78 Å². The van der Waals surface area contributed by atoms with E-state index in [2.05, 4.69) is 5.10 Å². The second-order valence-corrected chi connectivity index (χ2v) is 4.05. The first-order valence-electron chi connectivity index (χ1n) is 5.73. The fraction of sp³-hybridized carbons (Fsp3) is 0.0714. The van der Waals surface area contributed by atoms with Gasteiger partial charge in [0.1, 0.15) is 5.76 Å². The lowest BCUT2D eigenvalue weighted by molar-refractivity contribution is 0.490. The second-order valence-electron chi connectivity index (χ2n) is 4.05. The molecule has 2 heterocycles. The van der Waals surface area contributed by atoms with Gasteiger partial charge in [-0.1, -0.05) is 18.2 Å². The van der Waals surface area contributed by atoms with Crippen LogP contribution in [0.3, 0.4) is 0 Å². The minimum Gasteiger partial charge on any atom is -0.467 e. The van der Waals surface area contributed by atoms with Crippen LogP contribution in [-0.4, -0.2) is 9.78 Å². The van der Waals surface area contributed by atoms with Crippen molar-refractivity contribution in [2.24, 2.45) is 5.73 Å². The standard InChI is InChI=1S/C14H13N3O/c15-14(13-7-4-8-18-13)11-9-16-17(10-11)12-5-2-1-3-6-12/h1-10,14H,15H2. The summed E-state index contributed by atoms with van der Waals surface area (Å²) in [6, 6.07) is 13.3. The van der Waals surface area contributed by atoms with Gasteiger partial charge in [0.25, 0.3) is 0 Å². The third-order valence-corrected chi connectivity index (χ3v) is 2.83. The molecular weight excluding hydrogens is 226 g/mol. The first-order valence-corrected chi connectivity index (χ1v) is 5.73. The summed E-state index contributed by atoms with van der Waals surface area (Å²) in [6.07, 6.45) is 5.31. The van der Waals surface area contributed by atoms with E-state index < -0.39 is 0 Å². The molecule has 3 aromatic rings. The predicted octanol–water partition coefficient (Wildman–Crippen LogP) is 2.51. The molecule has 3 rings (SSSR count). The Labute approximate surface area is 105 Å². The summed E-state index contributed by atoms with van der Waals surface area (Å²) in [5, 5.41) is 4.31. The lowest BCUT2D eigenvalue weighted by Crippen LogP contribution is -2.09. The van der Waals surface area contributed by atoms with Crippen LogP contribution in [0.2, 0.25) is 0 Å². The molecule has 0 saturated heterocycles. The van der Waals surface area contributed by atoms with Crippen LogP contribution in [0, 0.1) is 0 Å². The molecule has 1 aromatic carbocycles. The van der Waals surface area contributed by atoms with Gasteiger partial charge >= 0.3 is 0 Å². The van der Waals surface area contributed by atoms with Crippen LogP contribution in [0.15, 0.2) is 65.5 Å². The quantitative estimate of drug-likeness (QED) is 0.764. The van der Waals surface area contributed by atoms with Crippen molar-refractivity contribution in [3.05, 3.63) is 72.4 Å². The number of nitrogens with zero attached hydrogens (tertiary/aromatic N) is 2. The number of furan rings is 1. The highest BCUT2D eigenvalue weighted by Gasteiger charge is 2.13. The van der Waals surface area contributed by atoms with Crippen molar-refractivity contribution in [2.45, 2.75) is 6.04 Å². The molecule has 90 valence electrons. The summed E-state index contributed by atoms with van der Waals surface area (Å²) in [5.74, 6) is 0.739. The van der Waals surface area contributed by atoms with Gasteiger partial charge in [0.15, 0.2) is 0 Å². The summed E-state index contributed by atoms with van der Waals surface area (Å²) in [4.78, 5) is 0. The van der Waals surface area contributed by atoms with Gasteiger partial charge in [0.2, 0.25) is 0 Å². The third kappa shape index (κ3) is 1.94. The van der Waals surface area contributed by atoms with Gasteiger partial charge in [-0.3, -0.25) is 0 Å². The normalized spacial score (nSPS) is 12.5. The zero-order valence-electron chi connectivity index (χ0n) is 9.73. The van der Waals surface area contributed by atoms with E-state index in [0.29, 0.717) is 0 Å². The van der Waals surface area contributed by atoms with Gasteiger partial charge in [0, 0.05) is 11.8 Å². The van der Waals surface area contributed by atoms with E-state index >= 15 is 0 Å². The average Bonchev–Trinajstić information content (AvgIpc) is 3.10. The molecule has 0 aliphatic rings. The average molecular weight is 239 g/mol. The minimum atomic E-state index is -0.280. The molecule has 18 heavy (non-hydrogen) atoms. The van der Waals surface area contributed by atoms with Crippen LogP contribution >= 0.6 is 0 Å². The van der Waals surface area contributed by atoms with Crippen molar-refractivity contribution in [3.63, 3.8) is 0 Å². The largest absolute Gasteiger partial charge is 0.467 e. The monoisotopic (exact) mass is 239 g/mol. The zero-order chi connectivity index (χ0) is 12.4. The Kier molecular flexibility index (Phi) is 2.70. The molecule has 0 aliphatic heterocycles. The Hall–Kier alpha value is -2.33. The van der Waals surface area contributed by atoms with Gasteiger partial charge in [0.05, 0.1) is 24.2 Å². The van der Waals surface area contributed by atoms with Crippen molar-refractivity contribution in [1.29, 1.82) is 0 Å². The number of para-hydroxylation sites is 1. The highest BCUT2D eigenvalue weighted by molar-refractivity contribution is 5.32. The van der Waals surface area contributed by atoms with E-state index in [9.17, 15) is 0 Å². The van der Waals surface area contributed by atoms with Gasteiger partial charge in [-0.25, -0.2) is 4.68 Å². The van der Waals surface area contributed by atoms with Gasteiger partial charge in [-0.15, -0.1) is 0 Å². The molecule has 2 aromatic heterocycles. The SMILES string of the molecule is NC(c1cnn(-c2ccccc2)c1)c1ccco1. The fourth-order valence-electron chi connectivity index (χ4n) is 1.85. The van der Waals surface area contributed by atoms with Crippen LogP contribution in [0.25, 0.3) is 5.69 Å². The lowest BCUT2D eigenvalue weighted by Gasteiger charge is -2.05. The fourth-order valence-corrected chi connectivity index (χ4v) is 1.85. The van der Waals surface area contributed by atoms with Crippen molar-refractivity contribution >= 4 is 0 Å². The highest BCUT2D eigenvalue weighted by Crippen LogP contribution is 2.20.